The molecule has 1 atom stereocenters. The lowest BCUT2D eigenvalue weighted by molar-refractivity contribution is -0.128. The summed E-state index contributed by atoms with van der Waals surface area (Å²) in [6.07, 6.45) is -0.178. The molecule has 1 aromatic carbocycles. The second-order valence-corrected chi connectivity index (χ2v) is 6.36. The lowest BCUT2D eigenvalue weighted by atomic mass is 10.1. The molecule has 136 valence electrons. The van der Waals surface area contributed by atoms with Crippen LogP contribution in [-0.2, 0) is 9.59 Å². The summed E-state index contributed by atoms with van der Waals surface area (Å²) in [7, 11) is 0. The number of ether oxygens (including phenoxy) is 1. The topological polar surface area (TPSA) is 97.6 Å². The fourth-order valence-electron chi connectivity index (χ4n) is 2.70. The summed E-state index contributed by atoms with van der Waals surface area (Å²) in [6.45, 7) is 3.45. The quantitative estimate of drug-likeness (QED) is 0.857. The SMILES string of the molecule is CCC1Oc2ccc(N)nc2N(CC(=O)Nc2cccc(Cl)c2C)C1=O. The minimum absolute atomic E-state index is 0.200. The van der Waals surface area contributed by atoms with Crippen LogP contribution in [0.25, 0.3) is 0 Å². The van der Waals surface area contributed by atoms with Crippen molar-refractivity contribution in [2.24, 2.45) is 0 Å². The van der Waals surface area contributed by atoms with Gasteiger partial charge in [0.1, 0.15) is 12.4 Å². The van der Waals surface area contributed by atoms with Gasteiger partial charge in [0.15, 0.2) is 17.7 Å². The van der Waals surface area contributed by atoms with Crippen molar-refractivity contribution in [2.45, 2.75) is 26.4 Å². The molecule has 26 heavy (non-hydrogen) atoms. The fourth-order valence-corrected chi connectivity index (χ4v) is 2.88. The van der Waals surface area contributed by atoms with E-state index in [0.29, 0.717) is 22.9 Å². The Morgan fingerprint density at radius 1 is 1.38 bits per heavy atom. The van der Waals surface area contributed by atoms with E-state index < -0.39 is 6.10 Å². The number of nitrogens with two attached hydrogens (primary N) is 1. The monoisotopic (exact) mass is 374 g/mol. The van der Waals surface area contributed by atoms with Crippen molar-refractivity contribution in [2.75, 3.05) is 22.5 Å². The Kier molecular flexibility index (Phi) is 4.99. The Bertz CT molecular complexity index is 872. The van der Waals surface area contributed by atoms with Crippen LogP contribution < -0.4 is 20.7 Å². The normalized spacial score (nSPS) is 16.0. The van der Waals surface area contributed by atoms with Crippen LogP contribution in [0.5, 0.6) is 5.75 Å². The van der Waals surface area contributed by atoms with E-state index >= 15 is 0 Å². The number of carbonyl (C=O) groups excluding carboxylic acids is 2. The third-order valence-electron chi connectivity index (χ3n) is 4.14. The first-order chi connectivity index (χ1) is 12.4. The first-order valence-electron chi connectivity index (χ1n) is 8.20. The van der Waals surface area contributed by atoms with Crippen LogP contribution in [0.15, 0.2) is 30.3 Å². The molecule has 0 aliphatic carbocycles. The van der Waals surface area contributed by atoms with Crippen LogP contribution in [0, 0.1) is 6.92 Å². The van der Waals surface area contributed by atoms with Crippen molar-refractivity contribution >= 4 is 40.7 Å². The highest BCUT2D eigenvalue weighted by Gasteiger charge is 2.35. The number of carbonyl (C=O) groups is 2. The Hall–Kier alpha value is -2.80. The Morgan fingerprint density at radius 3 is 2.88 bits per heavy atom. The molecule has 3 N–H and O–H groups in total. The maximum Gasteiger partial charge on any atom is 0.269 e. The minimum Gasteiger partial charge on any atom is -0.477 e. The van der Waals surface area contributed by atoms with Gasteiger partial charge in [-0.15, -0.1) is 0 Å². The number of nitrogens with zero attached hydrogens (tertiary/aromatic N) is 2. The maximum atomic E-state index is 12.7. The van der Waals surface area contributed by atoms with Gasteiger partial charge in [-0.1, -0.05) is 24.6 Å². The molecule has 0 saturated carbocycles. The number of amides is 2. The number of aromatic nitrogens is 1. The van der Waals surface area contributed by atoms with Gasteiger partial charge in [-0.05, 0) is 43.2 Å². The van der Waals surface area contributed by atoms with Crippen molar-refractivity contribution in [3.8, 4) is 5.75 Å². The summed E-state index contributed by atoms with van der Waals surface area (Å²) in [6, 6.07) is 8.48. The summed E-state index contributed by atoms with van der Waals surface area (Å²) >= 11 is 6.08. The smallest absolute Gasteiger partial charge is 0.269 e. The molecule has 1 aliphatic rings. The predicted octanol–water partition coefficient (Wildman–Crippen LogP) is 2.77. The lowest BCUT2D eigenvalue weighted by Crippen LogP contribution is -2.49. The van der Waals surface area contributed by atoms with E-state index in [4.69, 9.17) is 22.1 Å². The summed E-state index contributed by atoms with van der Waals surface area (Å²) in [5, 5.41) is 3.33. The molecule has 8 heteroatoms. The van der Waals surface area contributed by atoms with Gasteiger partial charge in [0.2, 0.25) is 5.91 Å². The minimum atomic E-state index is -0.659. The first kappa shape index (κ1) is 18.0. The van der Waals surface area contributed by atoms with Crippen molar-refractivity contribution in [1.82, 2.24) is 4.98 Å². The van der Waals surface area contributed by atoms with Crippen LogP contribution in [0.1, 0.15) is 18.9 Å². The van der Waals surface area contributed by atoms with Gasteiger partial charge >= 0.3 is 0 Å². The Labute approximate surface area is 156 Å². The van der Waals surface area contributed by atoms with Gasteiger partial charge in [0.05, 0.1) is 0 Å². The Morgan fingerprint density at radius 2 is 2.15 bits per heavy atom. The van der Waals surface area contributed by atoms with E-state index in [-0.39, 0.29) is 30.0 Å². The molecule has 2 heterocycles. The van der Waals surface area contributed by atoms with Gasteiger partial charge in [0.25, 0.3) is 5.91 Å². The van der Waals surface area contributed by atoms with Gasteiger partial charge in [-0.25, -0.2) is 4.98 Å². The van der Waals surface area contributed by atoms with Crippen LogP contribution in [0.4, 0.5) is 17.3 Å². The zero-order valence-corrected chi connectivity index (χ0v) is 15.2. The molecule has 2 amide bonds. The number of fused-ring (bicyclic) bond motifs is 1. The number of pyridine rings is 1. The van der Waals surface area contributed by atoms with E-state index in [2.05, 4.69) is 10.3 Å². The Balaban J connectivity index is 1.85. The average molecular weight is 375 g/mol. The summed E-state index contributed by atoms with van der Waals surface area (Å²) in [5.41, 5.74) is 7.08. The standard InChI is InChI=1S/C18H19ClN4O3/c1-3-13-18(25)23(17-14(26-13)7-8-15(20)22-17)9-16(24)21-12-6-4-5-11(19)10(12)2/h4-8,13H,3,9H2,1-2H3,(H2,20,22)(H,21,24). The molecule has 2 aromatic rings. The van der Waals surface area contributed by atoms with E-state index in [1.54, 1.807) is 30.3 Å². The van der Waals surface area contributed by atoms with Crippen LogP contribution >= 0.6 is 11.6 Å². The number of nitrogens with one attached hydrogen (secondary N) is 1. The van der Waals surface area contributed by atoms with Crippen molar-refractivity contribution in [1.29, 1.82) is 0 Å². The van der Waals surface area contributed by atoms with Crippen LogP contribution in [-0.4, -0.2) is 29.4 Å². The van der Waals surface area contributed by atoms with Crippen LogP contribution in [0.2, 0.25) is 5.02 Å². The van der Waals surface area contributed by atoms with Gasteiger partial charge in [-0.2, -0.15) is 0 Å². The maximum absolute atomic E-state index is 12.7. The third-order valence-corrected chi connectivity index (χ3v) is 4.55. The van der Waals surface area contributed by atoms with Crippen molar-refractivity contribution in [3.05, 3.63) is 40.9 Å². The van der Waals surface area contributed by atoms with Gasteiger partial charge in [0, 0.05) is 10.7 Å². The largest absolute Gasteiger partial charge is 0.477 e. The second kappa shape index (κ2) is 7.21. The molecule has 1 unspecified atom stereocenters. The van der Waals surface area contributed by atoms with E-state index in [9.17, 15) is 9.59 Å². The zero-order chi connectivity index (χ0) is 18.8. The molecule has 3 rings (SSSR count). The molecule has 1 aliphatic heterocycles. The highest BCUT2D eigenvalue weighted by atomic mass is 35.5. The molecular weight excluding hydrogens is 356 g/mol. The number of hydrogen-bond acceptors (Lipinski definition) is 5. The number of nitrogen functional groups attached to an aromatic ring is 1. The number of halogens is 1. The van der Waals surface area contributed by atoms with E-state index in [1.807, 2.05) is 13.8 Å². The number of hydrogen-bond donors (Lipinski definition) is 2. The lowest BCUT2D eigenvalue weighted by Gasteiger charge is -2.32. The number of benzene rings is 1. The van der Waals surface area contributed by atoms with Gasteiger partial charge < -0.3 is 15.8 Å². The molecule has 0 fully saturated rings. The predicted molar refractivity (Wildman–Crippen MR) is 101 cm³/mol. The highest BCUT2D eigenvalue weighted by Crippen LogP contribution is 2.33. The first-order valence-corrected chi connectivity index (χ1v) is 8.58. The second-order valence-electron chi connectivity index (χ2n) is 5.96. The molecule has 0 radical (unpaired) electrons. The molecular formula is C18H19ClN4O3. The van der Waals surface area contributed by atoms with E-state index in [1.165, 1.54) is 4.90 Å². The van der Waals surface area contributed by atoms with E-state index in [0.717, 1.165) is 5.56 Å². The third kappa shape index (κ3) is 3.43. The zero-order valence-electron chi connectivity index (χ0n) is 14.5. The summed E-state index contributed by atoms with van der Waals surface area (Å²) < 4.78 is 5.65. The summed E-state index contributed by atoms with van der Waals surface area (Å²) in [5.74, 6) is 0.230. The van der Waals surface area contributed by atoms with Crippen molar-refractivity contribution < 1.29 is 14.3 Å². The number of anilines is 3. The molecule has 0 saturated heterocycles. The van der Waals surface area contributed by atoms with Gasteiger partial charge in [-0.3, -0.25) is 14.5 Å². The molecule has 7 nitrogen and oxygen atoms in total. The molecule has 0 spiro atoms. The molecule has 0 bridgehead atoms. The molecule has 1 aromatic heterocycles. The summed E-state index contributed by atoms with van der Waals surface area (Å²) in [4.78, 5) is 30.7. The van der Waals surface area contributed by atoms with Crippen molar-refractivity contribution in [3.63, 3.8) is 0 Å². The fraction of sp³-hybridized carbons (Fsp3) is 0.278. The average Bonchev–Trinajstić information content (AvgIpc) is 2.61. The van der Waals surface area contributed by atoms with Crippen LogP contribution in [0.3, 0.4) is 0 Å². The highest BCUT2D eigenvalue weighted by molar-refractivity contribution is 6.31. The number of rotatable bonds is 4.